The first kappa shape index (κ1) is 19.3. The fourth-order valence-corrected chi connectivity index (χ4v) is 3.31. The van der Waals surface area contributed by atoms with E-state index in [1.165, 1.54) is 0 Å². The van der Waals surface area contributed by atoms with Crippen LogP contribution in [0.3, 0.4) is 0 Å². The SMILES string of the molecule is CCC(C)Oc1ccc(P=C([O-])c2c(OC)cccc2OC)c(C)c1. The predicted molar refractivity (Wildman–Crippen MR) is 102 cm³/mol. The van der Waals surface area contributed by atoms with E-state index in [1.807, 2.05) is 32.0 Å². The monoisotopic (exact) mass is 359 g/mol. The Hall–Kier alpha value is -2.03. The number of rotatable bonds is 7. The van der Waals surface area contributed by atoms with Crippen LogP contribution in [0.25, 0.3) is 0 Å². The number of hydrogen-bond donors (Lipinski definition) is 0. The molecule has 134 valence electrons. The molecule has 0 aliphatic heterocycles. The van der Waals surface area contributed by atoms with Gasteiger partial charge < -0.3 is 19.3 Å². The van der Waals surface area contributed by atoms with Gasteiger partial charge in [0.05, 0.1) is 20.3 Å². The molecule has 0 aromatic heterocycles. The third kappa shape index (κ3) is 4.75. The minimum atomic E-state index is -0.0620. The van der Waals surface area contributed by atoms with Crippen molar-refractivity contribution in [2.24, 2.45) is 0 Å². The number of ether oxygens (including phenoxy) is 3. The van der Waals surface area contributed by atoms with Gasteiger partial charge in [-0.15, -0.1) is 0 Å². The Kier molecular flexibility index (Phi) is 6.86. The van der Waals surface area contributed by atoms with Crippen LogP contribution in [0.4, 0.5) is 0 Å². The first-order valence-electron chi connectivity index (χ1n) is 8.24. The second-order valence-corrected chi connectivity index (χ2v) is 6.85. The molecule has 0 saturated carbocycles. The van der Waals surface area contributed by atoms with Crippen molar-refractivity contribution in [1.29, 1.82) is 0 Å². The van der Waals surface area contributed by atoms with Crippen LogP contribution in [-0.2, 0) is 0 Å². The van der Waals surface area contributed by atoms with Crippen molar-refractivity contribution in [3.05, 3.63) is 47.5 Å². The first-order chi connectivity index (χ1) is 12.0. The van der Waals surface area contributed by atoms with E-state index in [4.69, 9.17) is 14.2 Å². The fourth-order valence-electron chi connectivity index (χ4n) is 2.37. The van der Waals surface area contributed by atoms with Crippen molar-refractivity contribution in [3.8, 4) is 17.2 Å². The van der Waals surface area contributed by atoms with Crippen molar-refractivity contribution in [3.63, 3.8) is 0 Å². The number of hydrogen-bond acceptors (Lipinski definition) is 4. The molecule has 0 N–H and O–H groups in total. The van der Waals surface area contributed by atoms with Crippen molar-refractivity contribution in [1.82, 2.24) is 0 Å². The molecule has 0 amide bonds. The van der Waals surface area contributed by atoms with Gasteiger partial charge in [0.15, 0.2) is 0 Å². The van der Waals surface area contributed by atoms with Crippen LogP contribution in [0.2, 0.25) is 0 Å². The maximum absolute atomic E-state index is 12.8. The molecule has 25 heavy (non-hydrogen) atoms. The smallest absolute Gasteiger partial charge is 0.129 e. The topological polar surface area (TPSA) is 50.8 Å². The predicted octanol–water partition coefficient (Wildman–Crippen LogP) is 3.30. The minimum absolute atomic E-state index is 0.0620. The summed E-state index contributed by atoms with van der Waals surface area (Å²) in [6.07, 6.45) is 1.12. The average Bonchev–Trinajstić information content (AvgIpc) is 2.62. The maximum atomic E-state index is 12.8. The minimum Gasteiger partial charge on any atom is -0.823 e. The Morgan fingerprint density at radius 2 is 1.76 bits per heavy atom. The molecule has 0 radical (unpaired) electrons. The van der Waals surface area contributed by atoms with E-state index < -0.39 is 0 Å². The highest BCUT2D eigenvalue weighted by atomic mass is 31.1. The summed E-state index contributed by atoms with van der Waals surface area (Å²) in [5, 5.41) is 13.8. The molecule has 0 bridgehead atoms. The van der Waals surface area contributed by atoms with Crippen LogP contribution in [-0.4, -0.2) is 25.8 Å². The van der Waals surface area contributed by atoms with Crippen LogP contribution < -0.4 is 24.6 Å². The molecule has 0 fully saturated rings. The normalized spacial score (nSPS) is 12.6. The molecule has 0 spiro atoms. The van der Waals surface area contributed by atoms with Crippen LogP contribution in [0.5, 0.6) is 17.2 Å². The van der Waals surface area contributed by atoms with Gasteiger partial charge in [-0.25, -0.2) is 0 Å². The van der Waals surface area contributed by atoms with E-state index in [0.29, 0.717) is 25.3 Å². The van der Waals surface area contributed by atoms with E-state index in [1.54, 1.807) is 32.4 Å². The molecule has 1 atom stereocenters. The van der Waals surface area contributed by atoms with Crippen LogP contribution >= 0.6 is 8.20 Å². The summed E-state index contributed by atoms with van der Waals surface area (Å²) < 4.78 is 16.5. The molecular weight excluding hydrogens is 335 g/mol. The largest absolute Gasteiger partial charge is 0.823 e. The van der Waals surface area contributed by atoms with Crippen molar-refractivity contribution in [2.75, 3.05) is 14.2 Å². The molecule has 0 saturated heterocycles. The highest BCUT2D eigenvalue weighted by molar-refractivity contribution is 7.49. The lowest BCUT2D eigenvalue weighted by Gasteiger charge is -2.19. The van der Waals surface area contributed by atoms with Crippen LogP contribution in [0.1, 0.15) is 31.4 Å². The maximum Gasteiger partial charge on any atom is 0.129 e. The summed E-state index contributed by atoms with van der Waals surface area (Å²) in [4.78, 5) is 0. The van der Waals surface area contributed by atoms with Gasteiger partial charge in [-0.2, -0.15) is 0 Å². The van der Waals surface area contributed by atoms with Gasteiger partial charge in [-0.1, -0.05) is 26.7 Å². The average molecular weight is 359 g/mol. The Labute approximate surface area is 151 Å². The molecule has 0 aliphatic carbocycles. The fraction of sp³-hybridized carbons (Fsp3) is 0.350. The Morgan fingerprint density at radius 3 is 2.28 bits per heavy atom. The van der Waals surface area contributed by atoms with Gasteiger partial charge in [0.2, 0.25) is 0 Å². The van der Waals surface area contributed by atoms with Gasteiger partial charge in [0.25, 0.3) is 0 Å². The standard InChI is InChI=1S/C20H25O4P/c1-6-14(3)24-15-10-11-18(13(2)12-15)25-20(21)19-16(22-4)8-7-9-17(19)23-5/h7-12,14,21H,6H2,1-5H3/p-1. The Bertz CT molecular complexity index is 733. The lowest BCUT2D eigenvalue weighted by molar-refractivity contribution is -0.207. The third-order valence-electron chi connectivity index (χ3n) is 3.94. The summed E-state index contributed by atoms with van der Waals surface area (Å²) in [6.45, 7) is 6.11. The summed E-state index contributed by atoms with van der Waals surface area (Å²) >= 11 is 0. The molecular formula is C20H24O4P-. The van der Waals surface area contributed by atoms with Gasteiger partial charge in [0, 0.05) is 10.9 Å². The van der Waals surface area contributed by atoms with Gasteiger partial charge >= 0.3 is 0 Å². The zero-order valence-corrected chi connectivity index (χ0v) is 16.2. The number of aryl methyl sites for hydroxylation is 1. The van der Waals surface area contributed by atoms with E-state index in [9.17, 15) is 5.11 Å². The molecule has 4 nitrogen and oxygen atoms in total. The summed E-state index contributed by atoms with van der Waals surface area (Å²) in [6, 6.07) is 11.2. The summed E-state index contributed by atoms with van der Waals surface area (Å²) in [7, 11) is 3.68. The summed E-state index contributed by atoms with van der Waals surface area (Å²) in [5.74, 6) is 1.87. The highest BCUT2D eigenvalue weighted by Crippen LogP contribution is 2.29. The quantitative estimate of drug-likeness (QED) is 0.712. The van der Waals surface area contributed by atoms with Gasteiger partial charge in [0.1, 0.15) is 17.2 Å². The van der Waals surface area contributed by atoms with E-state index in [0.717, 1.165) is 23.0 Å². The van der Waals surface area contributed by atoms with E-state index in [-0.39, 0.29) is 11.6 Å². The molecule has 1 unspecified atom stereocenters. The van der Waals surface area contributed by atoms with E-state index in [2.05, 4.69) is 6.92 Å². The Balaban J connectivity index is 2.37. The molecule has 0 aliphatic rings. The van der Waals surface area contributed by atoms with Crippen LogP contribution in [0.15, 0.2) is 36.4 Å². The molecule has 2 aromatic rings. The number of methoxy groups -OCH3 is 2. The van der Waals surface area contributed by atoms with Gasteiger partial charge in [-0.3, -0.25) is 0 Å². The first-order valence-corrected chi connectivity index (χ1v) is 9.14. The van der Waals surface area contributed by atoms with Crippen molar-refractivity contribution < 1.29 is 19.3 Å². The highest BCUT2D eigenvalue weighted by Gasteiger charge is 2.09. The lowest BCUT2D eigenvalue weighted by atomic mass is 10.2. The lowest BCUT2D eigenvalue weighted by Crippen LogP contribution is -2.20. The Morgan fingerprint density at radius 1 is 1.12 bits per heavy atom. The second kappa shape index (κ2) is 8.89. The molecule has 0 heterocycles. The third-order valence-corrected chi connectivity index (χ3v) is 5.11. The molecule has 2 rings (SSSR count). The zero-order chi connectivity index (χ0) is 18.4. The number of benzene rings is 2. The van der Waals surface area contributed by atoms with Crippen LogP contribution in [0, 0.1) is 6.92 Å². The molecule has 2 aromatic carbocycles. The second-order valence-electron chi connectivity index (χ2n) is 5.74. The van der Waals surface area contributed by atoms with E-state index >= 15 is 0 Å². The van der Waals surface area contributed by atoms with Gasteiger partial charge in [-0.05, 0) is 56.2 Å². The zero-order valence-electron chi connectivity index (χ0n) is 15.3. The van der Waals surface area contributed by atoms with Crippen molar-refractivity contribution in [2.45, 2.75) is 33.3 Å². The summed E-state index contributed by atoms with van der Waals surface area (Å²) in [5.41, 5.74) is 1.42. The van der Waals surface area contributed by atoms with Crippen molar-refractivity contribution >= 4 is 19.0 Å². The molecule has 5 heteroatoms.